The molecule has 1 rings (SSSR count). The molecule has 1 aromatic carbocycles. The molecule has 0 amide bonds. The fraction of sp³-hybridized carbons (Fsp3) is 0.455. The van der Waals surface area contributed by atoms with Crippen molar-refractivity contribution in [3.63, 3.8) is 0 Å². The van der Waals surface area contributed by atoms with E-state index < -0.39 is 15.8 Å². The number of rotatable bonds is 6. The van der Waals surface area contributed by atoms with Crippen LogP contribution in [0.2, 0.25) is 0 Å². The molecule has 0 saturated carbocycles. The van der Waals surface area contributed by atoms with Gasteiger partial charge in [-0.2, -0.15) is 0 Å². The highest BCUT2D eigenvalue weighted by molar-refractivity contribution is 7.89. The molecule has 0 spiro atoms. The Hall–Kier alpha value is -0.650. The second-order valence-electron chi connectivity index (χ2n) is 3.66. The first-order chi connectivity index (χ1) is 7.99. The molecule has 1 aromatic rings. The molecule has 17 heavy (non-hydrogen) atoms. The minimum absolute atomic E-state index is 0.0643. The van der Waals surface area contributed by atoms with Gasteiger partial charge in [0.05, 0.1) is 4.90 Å². The van der Waals surface area contributed by atoms with Gasteiger partial charge < -0.3 is 0 Å². The highest BCUT2D eigenvalue weighted by Crippen LogP contribution is 2.12. The van der Waals surface area contributed by atoms with E-state index in [0.717, 1.165) is 6.07 Å². The molecule has 0 saturated heterocycles. The van der Waals surface area contributed by atoms with E-state index in [9.17, 15) is 12.8 Å². The summed E-state index contributed by atoms with van der Waals surface area (Å²) < 4.78 is 39.3. The van der Waals surface area contributed by atoms with Gasteiger partial charge in [0.15, 0.2) is 0 Å². The molecule has 1 atom stereocenters. The molecule has 6 heteroatoms. The van der Waals surface area contributed by atoms with Crippen molar-refractivity contribution < 1.29 is 12.8 Å². The van der Waals surface area contributed by atoms with Gasteiger partial charge in [0.2, 0.25) is 10.0 Å². The smallest absolute Gasteiger partial charge is 0.208 e. The normalized spacial score (nSPS) is 13.6. The Morgan fingerprint density at radius 3 is 2.71 bits per heavy atom. The molecule has 0 aromatic heterocycles. The highest BCUT2D eigenvalue weighted by Gasteiger charge is 2.18. The van der Waals surface area contributed by atoms with Crippen molar-refractivity contribution in [3.05, 3.63) is 30.1 Å². The average molecular weight is 280 g/mol. The summed E-state index contributed by atoms with van der Waals surface area (Å²) in [7, 11) is -3.66. The molecule has 3 nitrogen and oxygen atoms in total. The molecule has 0 fully saturated rings. The molecule has 1 N–H and O–H groups in total. The van der Waals surface area contributed by atoms with Gasteiger partial charge in [-0.15, -0.1) is 11.6 Å². The first-order valence-electron chi connectivity index (χ1n) is 5.33. The van der Waals surface area contributed by atoms with E-state index >= 15 is 0 Å². The summed E-state index contributed by atoms with van der Waals surface area (Å²) in [5.74, 6) is -0.192. The Morgan fingerprint density at radius 2 is 2.18 bits per heavy atom. The van der Waals surface area contributed by atoms with Crippen LogP contribution in [-0.2, 0) is 10.0 Å². The highest BCUT2D eigenvalue weighted by atomic mass is 35.5. The Morgan fingerprint density at radius 1 is 1.47 bits per heavy atom. The summed E-state index contributed by atoms with van der Waals surface area (Å²) in [6.45, 7) is 1.87. The Labute approximate surface area is 106 Å². The fourth-order valence-electron chi connectivity index (χ4n) is 1.40. The number of benzene rings is 1. The average Bonchev–Trinajstić information content (AvgIpc) is 2.28. The van der Waals surface area contributed by atoms with Gasteiger partial charge in [-0.1, -0.05) is 13.0 Å². The van der Waals surface area contributed by atoms with Crippen molar-refractivity contribution in [2.75, 3.05) is 5.88 Å². The van der Waals surface area contributed by atoms with Crippen molar-refractivity contribution >= 4 is 21.6 Å². The SMILES string of the molecule is CCC(CCCl)NS(=O)(=O)c1cccc(F)c1. The van der Waals surface area contributed by atoms with Gasteiger partial charge in [0.1, 0.15) is 5.82 Å². The van der Waals surface area contributed by atoms with E-state index in [1.807, 2.05) is 6.92 Å². The van der Waals surface area contributed by atoms with Crippen LogP contribution in [-0.4, -0.2) is 20.3 Å². The Kier molecular flexibility index (Phi) is 5.36. The minimum Gasteiger partial charge on any atom is -0.208 e. The summed E-state index contributed by atoms with van der Waals surface area (Å²) in [5.41, 5.74) is 0. The molecule has 1 unspecified atom stereocenters. The zero-order valence-electron chi connectivity index (χ0n) is 9.49. The molecule has 0 radical (unpaired) electrons. The van der Waals surface area contributed by atoms with Gasteiger partial charge in [0.25, 0.3) is 0 Å². The van der Waals surface area contributed by atoms with Crippen molar-refractivity contribution in [1.29, 1.82) is 0 Å². The zero-order valence-corrected chi connectivity index (χ0v) is 11.1. The number of halogens is 2. The number of alkyl halides is 1. The van der Waals surface area contributed by atoms with Crippen LogP contribution in [0.25, 0.3) is 0 Å². The van der Waals surface area contributed by atoms with Crippen LogP contribution < -0.4 is 4.72 Å². The van der Waals surface area contributed by atoms with E-state index in [0.29, 0.717) is 18.7 Å². The topological polar surface area (TPSA) is 46.2 Å². The maximum Gasteiger partial charge on any atom is 0.240 e. The third kappa shape index (κ3) is 4.26. The summed E-state index contributed by atoms with van der Waals surface area (Å²) in [6.07, 6.45) is 1.19. The van der Waals surface area contributed by atoms with Crippen LogP contribution in [0.5, 0.6) is 0 Å². The number of hydrogen-bond donors (Lipinski definition) is 1. The molecule has 96 valence electrons. The molecular formula is C11H15ClFNO2S. The summed E-state index contributed by atoms with van der Waals surface area (Å²) >= 11 is 5.58. The molecule has 0 heterocycles. The minimum atomic E-state index is -3.66. The maximum absolute atomic E-state index is 13.0. The number of hydrogen-bond acceptors (Lipinski definition) is 2. The van der Waals surface area contributed by atoms with Crippen molar-refractivity contribution in [1.82, 2.24) is 4.72 Å². The van der Waals surface area contributed by atoms with Gasteiger partial charge in [-0.3, -0.25) is 0 Å². The monoisotopic (exact) mass is 279 g/mol. The van der Waals surface area contributed by atoms with Crippen LogP contribution in [0.15, 0.2) is 29.2 Å². The second-order valence-corrected chi connectivity index (χ2v) is 5.75. The lowest BCUT2D eigenvalue weighted by Gasteiger charge is -2.15. The maximum atomic E-state index is 13.0. The summed E-state index contributed by atoms with van der Waals surface area (Å²) in [6, 6.07) is 4.71. The lowest BCUT2D eigenvalue weighted by molar-refractivity contribution is 0.530. The quantitative estimate of drug-likeness (QED) is 0.814. The third-order valence-corrected chi connectivity index (χ3v) is 4.11. The van der Waals surface area contributed by atoms with Gasteiger partial charge in [-0.25, -0.2) is 17.5 Å². The van der Waals surface area contributed by atoms with E-state index in [1.165, 1.54) is 18.2 Å². The second kappa shape index (κ2) is 6.33. The summed E-state index contributed by atoms with van der Waals surface area (Å²) in [5, 5.41) is 0. The van der Waals surface area contributed by atoms with Gasteiger partial charge in [-0.05, 0) is 31.0 Å². The largest absolute Gasteiger partial charge is 0.240 e. The van der Waals surface area contributed by atoms with E-state index in [2.05, 4.69) is 4.72 Å². The van der Waals surface area contributed by atoms with Crippen LogP contribution >= 0.6 is 11.6 Å². The van der Waals surface area contributed by atoms with Crippen molar-refractivity contribution in [2.24, 2.45) is 0 Å². The zero-order chi connectivity index (χ0) is 12.9. The molecular weight excluding hydrogens is 265 g/mol. The predicted molar refractivity (Wildman–Crippen MR) is 66.1 cm³/mol. The third-order valence-electron chi connectivity index (χ3n) is 2.38. The molecule has 0 aliphatic carbocycles. The van der Waals surface area contributed by atoms with Crippen LogP contribution in [0, 0.1) is 5.82 Å². The lowest BCUT2D eigenvalue weighted by Crippen LogP contribution is -2.34. The first kappa shape index (κ1) is 14.4. The van der Waals surface area contributed by atoms with Crippen LogP contribution in [0.3, 0.4) is 0 Å². The number of sulfonamides is 1. The molecule has 0 aliphatic rings. The van der Waals surface area contributed by atoms with Crippen molar-refractivity contribution in [3.8, 4) is 0 Å². The Balaban J connectivity index is 2.88. The number of nitrogens with one attached hydrogen (secondary N) is 1. The lowest BCUT2D eigenvalue weighted by atomic mass is 10.2. The summed E-state index contributed by atoms with van der Waals surface area (Å²) in [4.78, 5) is -0.0643. The molecule has 0 bridgehead atoms. The van der Waals surface area contributed by atoms with Gasteiger partial charge >= 0.3 is 0 Å². The Bertz CT molecular complexity index is 464. The fourth-order valence-corrected chi connectivity index (χ4v) is 3.05. The van der Waals surface area contributed by atoms with Gasteiger partial charge in [0, 0.05) is 11.9 Å². The molecule has 0 aliphatic heterocycles. The van der Waals surface area contributed by atoms with E-state index in [4.69, 9.17) is 11.6 Å². The van der Waals surface area contributed by atoms with Crippen LogP contribution in [0.1, 0.15) is 19.8 Å². The van der Waals surface area contributed by atoms with E-state index in [-0.39, 0.29) is 10.9 Å². The standard InChI is InChI=1S/C11H15ClFNO2S/c1-2-10(6-7-12)14-17(15,16)11-5-3-4-9(13)8-11/h3-5,8,10,14H,2,6-7H2,1H3. The van der Waals surface area contributed by atoms with Crippen LogP contribution in [0.4, 0.5) is 4.39 Å². The predicted octanol–water partition coefficient (Wildman–Crippen LogP) is 2.51. The van der Waals surface area contributed by atoms with E-state index in [1.54, 1.807) is 0 Å². The first-order valence-corrected chi connectivity index (χ1v) is 7.35. The van der Waals surface area contributed by atoms with Crippen molar-refractivity contribution in [2.45, 2.75) is 30.7 Å².